The number of nitrogens with one attached hydrogen (secondary N) is 1. The molecule has 8 heteroatoms. The van der Waals surface area contributed by atoms with Crippen molar-refractivity contribution in [1.29, 1.82) is 0 Å². The van der Waals surface area contributed by atoms with Gasteiger partial charge in [0.1, 0.15) is 5.69 Å². The zero-order chi connectivity index (χ0) is 13.0. The lowest BCUT2D eigenvalue weighted by Crippen LogP contribution is -2.50. The average molecular weight is 253 g/mol. The van der Waals surface area contributed by atoms with Gasteiger partial charge in [-0.1, -0.05) is 0 Å². The van der Waals surface area contributed by atoms with Crippen LogP contribution in [-0.2, 0) is 4.74 Å². The number of anilines is 1. The monoisotopic (exact) mass is 253 g/mol. The van der Waals surface area contributed by atoms with Crippen LogP contribution in [0.3, 0.4) is 0 Å². The van der Waals surface area contributed by atoms with Crippen LogP contribution in [0.15, 0.2) is 12.4 Å². The van der Waals surface area contributed by atoms with Gasteiger partial charge in [-0.2, -0.15) is 0 Å². The molecule has 18 heavy (non-hydrogen) atoms. The van der Waals surface area contributed by atoms with Crippen LogP contribution in [0.2, 0.25) is 0 Å². The first-order chi connectivity index (χ1) is 8.76. The molecule has 1 amide bonds. The van der Waals surface area contributed by atoms with Gasteiger partial charge >= 0.3 is 0 Å². The smallest absolute Gasteiger partial charge is 0.274 e. The van der Waals surface area contributed by atoms with Crippen molar-refractivity contribution >= 4 is 11.7 Å². The maximum atomic E-state index is 12.2. The quantitative estimate of drug-likeness (QED) is 0.448. The van der Waals surface area contributed by atoms with Crippen LogP contribution in [0.25, 0.3) is 0 Å². The van der Waals surface area contributed by atoms with Gasteiger partial charge in [0, 0.05) is 6.54 Å². The highest BCUT2D eigenvalue weighted by molar-refractivity contribution is 5.92. The van der Waals surface area contributed by atoms with E-state index >= 15 is 0 Å². The molecule has 1 aliphatic heterocycles. The van der Waals surface area contributed by atoms with Gasteiger partial charge in [0.2, 0.25) is 0 Å². The Labute approximate surface area is 104 Å². The van der Waals surface area contributed by atoms with Crippen molar-refractivity contribution in [2.75, 3.05) is 31.8 Å². The first kappa shape index (κ1) is 12.7. The van der Waals surface area contributed by atoms with E-state index in [0.717, 1.165) is 0 Å². The Morgan fingerprint density at radius 3 is 3.22 bits per heavy atom. The zero-order valence-corrected chi connectivity index (χ0v) is 9.74. The number of carbonyl (C=O) groups excluding carboxylic acids is 1. The Balaban J connectivity index is 2.18. The van der Waals surface area contributed by atoms with Gasteiger partial charge in [-0.25, -0.2) is 10.8 Å². The van der Waals surface area contributed by atoms with E-state index in [1.54, 1.807) is 0 Å². The van der Waals surface area contributed by atoms with Crippen molar-refractivity contribution in [3.05, 3.63) is 18.1 Å². The maximum Gasteiger partial charge on any atom is 0.274 e. The molecule has 1 atom stereocenters. The summed E-state index contributed by atoms with van der Waals surface area (Å²) >= 11 is 0. The number of amides is 1. The number of aromatic nitrogens is 2. The minimum atomic E-state index is -0.345. The molecule has 98 valence electrons. The molecule has 0 bridgehead atoms. The summed E-state index contributed by atoms with van der Waals surface area (Å²) in [6.07, 6.45) is 2.78. The normalized spacial score (nSPS) is 19.7. The van der Waals surface area contributed by atoms with E-state index in [9.17, 15) is 9.90 Å². The molecular formula is C10H15N5O3. The number of hydrazine groups is 1. The van der Waals surface area contributed by atoms with E-state index in [0.29, 0.717) is 25.6 Å². The number of nitrogens with zero attached hydrogens (tertiary/aromatic N) is 3. The van der Waals surface area contributed by atoms with E-state index < -0.39 is 0 Å². The van der Waals surface area contributed by atoms with Crippen molar-refractivity contribution in [2.24, 2.45) is 5.84 Å². The molecule has 8 nitrogen and oxygen atoms in total. The molecule has 0 aliphatic carbocycles. The number of aliphatic hydroxyl groups is 1. The van der Waals surface area contributed by atoms with Gasteiger partial charge in [0.05, 0.1) is 38.3 Å². The molecule has 1 aromatic rings. The summed E-state index contributed by atoms with van der Waals surface area (Å²) in [5, 5.41) is 9.22. The molecule has 4 N–H and O–H groups in total. The highest BCUT2D eigenvalue weighted by atomic mass is 16.5. The second kappa shape index (κ2) is 5.71. The van der Waals surface area contributed by atoms with Gasteiger partial charge in [0.25, 0.3) is 5.91 Å². The van der Waals surface area contributed by atoms with Gasteiger partial charge in [0.15, 0.2) is 5.82 Å². The van der Waals surface area contributed by atoms with Crippen LogP contribution in [0.5, 0.6) is 0 Å². The largest absolute Gasteiger partial charge is 0.394 e. The lowest BCUT2D eigenvalue weighted by molar-refractivity contribution is -0.0186. The minimum Gasteiger partial charge on any atom is -0.394 e. The van der Waals surface area contributed by atoms with Gasteiger partial charge in [-0.3, -0.25) is 9.78 Å². The van der Waals surface area contributed by atoms with Crippen LogP contribution in [0.1, 0.15) is 10.5 Å². The van der Waals surface area contributed by atoms with Crippen LogP contribution in [0.4, 0.5) is 5.82 Å². The number of carbonyl (C=O) groups is 1. The van der Waals surface area contributed by atoms with Crippen molar-refractivity contribution < 1.29 is 14.6 Å². The number of morpholine rings is 1. The molecule has 0 aromatic carbocycles. The third kappa shape index (κ3) is 2.55. The van der Waals surface area contributed by atoms with E-state index in [1.807, 2.05) is 0 Å². The molecule has 1 aromatic heterocycles. The SMILES string of the molecule is NNc1cncc(C(=O)N2CCOCC2CO)n1. The molecular weight excluding hydrogens is 238 g/mol. The van der Waals surface area contributed by atoms with E-state index in [-0.39, 0.29) is 24.2 Å². The number of hydrogen-bond donors (Lipinski definition) is 3. The molecule has 1 fully saturated rings. The summed E-state index contributed by atoms with van der Waals surface area (Å²) in [6, 6.07) is -0.345. The lowest BCUT2D eigenvalue weighted by Gasteiger charge is -2.34. The number of nitrogens with two attached hydrogens (primary N) is 1. The molecule has 0 radical (unpaired) electrons. The molecule has 0 spiro atoms. The number of aliphatic hydroxyl groups excluding tert-OH is 1. The standard InChI is InChI=1S/C10H15N5O3/c11-14-9-4-12-3-8(13-9)10(17)15-1-2-18-6-7(15)5-16/h3-4,7,16H,1-2,5-6,11H2,(H,13,14). The fourth-order valence-corrected chi connectivity index (χ4v) is 1.76. The van der Waals surface area contributed by atoms with Crippen molar-refractivity contribution in [1.82, 2.24) is 14.9 Å². The van der Waals surface area contributed by atoms with Crippen LogP contribution < -0.4 is 11.3 Å². The van der Waals surface area contributed by atoms with Crippen LogP contribution >= 0.6 is 0 Å². The van der Waals surface area contributed by atoms with Crippen molar-refractivity contribution in [3.63, 3.8) is 0 Å². The Hall–Kier alpha value is -1.77. The summed E-state index contributed by atoms with van der Waals surface area (Å²) < 4.78 is 5.21. The molecule has 2 rings (SSSR count). The van der Waals surface area contributed by atoms with Crippen molar-refractivity contribution in [2.45, 2.75) is 6.04 Å². The highest BCUT2D eigenvalue weighted by Gasteiger charge is 2.28. The number of rotatable bonds is 3. The van der Waals surface area contributed by atoms with E-state index in [1.165, 1.54) is 17.3 Å². The van der Waals surface area contributed by atoms with E-state index in [4.69, 9.17) is 10.6 Å². The Bertz CT molecular complexity index is 428. The predicted molar refractivity (Wildman–Crippen MR) is 62.6 cm³/mol. The summed E-state index contributed by atoms with van der Waals surface area (Å²) in [4.78, 5) is 21.7. The topological polar surface area (TPSA) is 114 Å². The second-order valence-corrected chi connectivity index (χ2v) is 3.84. The first-order valence-corrected chi connectivity index (χ1v) is 5.54. The third-order valence-corrected chi connectivity index (χ3v) is 2.70. The molecule has 1 unspecified atom stereocenters. The first-order valence-electron chi connectivity index (χ1n) is 5.54. The van der Waals surface area contributed by atoms with Crippen molar-refractivity contribution in [3.8, 4) is 0 Å². The number of nitrogen functional groups attached to an aromatic ring is 1. The molecule has 2 heterocycles. The average Bonchev–Trinajstić information content (AvgIpc) is 2.46. The van der Waals surface area contributed by atoms with Gasteiger partial charge < -0.3 is 20.2 Å². The fourth-order valence-electron chi connectivity index (χ4n) is 1.76. The van der Waals surface area contributed by atoms with Crippen LogP contribution in [-0.4, -0.2) is 58.3 Å². The third-order valence-electron chi connectivity index (χ3n) is 2.70. The Morgan fingerprint density at radius 2 is 2.50 bits per heavy atom. The molecule has 1 aliphatic rings. The number of ether oxygens (including phenoxy) is 1. The van der Waals surface area contributed by atoms with Gasteiger partial charge in [-0.05, 0) is 0 Å². The number of hydrogen-bond acceptors (Lipinski definition) is 7. The maximum absolute atomic E-state index is 12.2. The summed E-state index contributed by atoms with van der Waals surface area (Å²) in [6.45, 7) is 1.05. The zero-order valence-electron chi connectivity index (χ0n) is 9.74. The Morgan fingerprint density at radius 1 is 1.67 bits per heavy atom. The summed E-state index contributed by atoms with van der Waals surface area (Å²) in [7, 11) is 0. The summed E-state index contributed by atoms with van der Waals surface area (Å²) in [5.41, 5.74) is 2.52. The minimum absolute atomic E-state index is 0.145. The summed E-state index contributed by atoms with van der Waals surface area (Å²) in [5.74, 6) is 5.24. The molecule has 1 saturated heterocycles. The highest BCUT2D eigenvalue weighted by Crippen LogP contribution is 2.11. The fraction of sp³-hybridized carbons (Fsp3) is 0.500. The van der Waals surface area contributed by atoms with Crippen LogP contribution in [0, 0.1) is 0 Å². The second-order valence-electron chi connectivity index (χ2n) is 3.84. The van der Waals surface area contributed by atoms with Gasteiger partial charge in [-0.15, -0.1) is 0 Å². The predicted octanol–water partition coefficient (Wildman–Crippen LogP) is -1.40. The Kier molecular flexibility index (Phi) is 4.03. The lowest BCUT2D eigenvalue weighted by atomic mass is 10.2. The van der Waals surface area contributed by atoms with E-state index in [2.05, 4.69) is 15.4 Å². The molecule has 0 saturated carbocycles.